The molecule has 80 valence electrons. The largest absolute Gasteiger partial charge is 1.00 e. The Morgan fingerprint density at radius 2 is 1.79 bits per heavy atom. The van der Waals surface area contributed by atoms with Gasteiger partial charge in [-0.1, -0.05) is 23.7 Å². The van der Waals surface area contributed by atoms with Crippen LogP contribution in [0.1, 0.15) is 11.1 Å². The molecule has 0 atom stereocenters. The van der Waals surface area contributed by atoms with Crippen LogP contribution in [0.2, 0.25) is 5.02 Å². The molecule has 3 heteroatoms. The summed E-state index contributed by atoms with van der Waals surface area (Å²) < 4.78 is 0.930. The van der Waals surface area contributed by atoms with Gasteiger partial charge in [0.25, 0.3) is 0 Å². The van der Waals surface area contributed by atoms with E-state index in [9.17, 15) is 0 Å². The summed E-state index contributed by atoms with van der Waals surface area (Å²) in [5.74, 6) is 0. The molecule has 0 aliphatic rings. The van der Waals surface area contributed by atoms with Gasteiger partial charge in [-0.15, -0.1) is 0 Å². The zero-order valence-electron chi connectivity index (χ0n) is 9.14. The highest BCUT2D eigenvalue weighted by Crippen LogP contribution is 2.18. The van der Waals surface area contributed by atoms with Crippen LogP contribution < -0.4 is 17.0 Å². The normalized spacial score (nSPS) is 10.9. The molecule has 0 saturated carbocycles. The molecule has 1 rings (SSSR count). The van der Waals surface area contributed by atoms with E-state index in [4.69, 9.17) is 11.6 Å². The molecule has 0 unspecified atom stereocenters. The first-order valence-corrected chi connectivity index (χ1v) is 4.82. The van der Waals surface area contributed by atoms with E-state index < -0.39 is 0 Å². The quantitative estimate of drug-likeness (QED) is 0.661. The Morgan fingerprint density at radius 3 is 2.21 bits per heavy atom. The van der Waals surface area contributed by atoms with Gasteiger partial charge in [-0.3, -0.25) is 0 Å². The number of halogens is 2. The second kappa shape index (κ2) is 5.15. The Balaban J connectivity index is 0.00000169. The average Bonchev–Trinajstić information content (AvgIpc) is 1.94. The molecule has 1 aromatic rings. The summed E-state index contributed by atoms with van der Waals surface area (Å²) in [6.45, 7) is 3.04. The van der Waals surface area contributed by atoms with E-state index in [1.165, 1.54) is 5.56 Å². The van der Waals surface area contributed by atoms with Gasteiger partial charge in [0.15, 0.2) is 0 Å². The van der Waals surface area contributed by atoms with Crippen molar-refractivity contribution in [2.24, 2.45) is 0 Å². The van der Waals surface area contributed by atoms with E-state index in [0.29, 0.717) is 0 Å². The van der Waals surface area contributed by atoms with Crippen LogP contribution in [-0.2, 0) is 6.54 Å². The van der Waals surface area contributed by atoms with Crippen molar-refractivity contribution < 1.29 is 21.5 Å². The van der Waals surface area contributed by atoms with Crippen molar-refractivity contribution >= 4 is 11.6 Å². The lowest BCUT2D eigenvalue weighted by Crippen LogP contribution is -3.00. The van der Waals surface area contributed by atoms with Crippen molar-refractivity contribution in [3.8, 4) is 0 Å². The van der Waals surface area contributed by atoms with Crippen LogP contribution in [0.3, 0.4) is 0 Å². The van der Waals surface area contributed by atoms with Crippen LogP contribution in [0.5, 0.6) is 0 Å². The third-order valence-electron chi connectivity index (χ3n) is 1.89. The topological polar surface area (TPSA) is 0 Å². The predicted molar refractivity (Wildman–Crippen MR) is 57.9 cm³/mol. The van der Waals surface area contributed by atoms with Gasteiger partial charge in [-0.25, -0.2) is 0 Å². The monoisotopic (exact) mass is 277 g/mol. The molecule has 0 aliphatic carbocycles. The van der Waals surface area contributed by atoms with Crippen molar-refractivity contribution in [1.29, 1.82) is 0 Å². The number of benzene rings is 1. The van der Waals surface area contributed by atoms with Gasteiger partial charge in [0, 0.05) is 10.6 Å². The number of quaternary nitrogens is 1. The summed E-state index contributed by atoms with van der Waals surface area (Å²) in [5.41, 5.74) is 2.44. The van der Waals surface area contributed by atoms with Gasteiger partial charge in [0.05, 0.1) is 21.1 Å². The molecule has 0 aromatic heterocycles. The molecule has 0 spiro atoms. The first-order chi connectivity index (χ1) is 5.88. The summed E-state index contributed by atoms with van der Waals surface area (Å²) in [7, 11) is 6.52. The second-order valence-electron chi connectivity index (χ2n) is 4.53. The highest BCUT2D eigenvalue weighted by molar-refractivity contribution is 6.31. The van der Waals surface area contributed by atoms with E-state index in [-0.39, 0.29) is 17.0 Å². The second-order valence-corrected chi connectivity index (χ2v) is 4.94. The van der Waals surface area contributed by atoms with Crippen LogP contribution in [0.15, 0.2) is 18.2 Å². The third-order valence-corrected chi connectivity index (χ3v) is 2.30. The molecule has 0 bridgehead atoms. The highest BCUT2D eigenvalue weighted by atomic mass is 79.9. The Morgan fingerprint density at radius 1 is 1.21 bits per heavy atom. The number of hydrogen-bond acceptors (Lipinski definition) is 0. The maximum absolute atomic E-state index is 6.04. The molecule has 0 N–H and O–H groups in total. The zero-order chi connectivity index (χ0) is 10.1. The fraction of sp³-hybridized carbons (Fsp3) is 0.455. The summed E-state index contributed by atoms with van der Waals surface area (Å²) in [6, 6.07) is 6.28. The number of rotatable bonds is 2. The molecular weight excluding hydrogens is 261 g/mol. The lowest BCUT2D eigenvalue weighted by atomic mass is 10.1. The van der Waals surface area contributed by atoms with Crippen LogP contribution in [0, 0.1) is 6.92 Å². The first-order valence-electron chi connectivity index (χ1n) is 4.44. The van der Waals surface area contributed by atoms with Gasteiger partial charge in [0.1, 0.15) is 6.54 Å². The molecular formula is C11H17BrClN. The molecule has 0 heterocycles. The summed E-state index contributed by atoms with van der Waals surface area (Å²) in [5, 5.41) is 0.867. The Bertz CT molecular complexity index is 305. The van der Waals surface area contributed by atoms with Crippen molar-refractivity contribution in [1.82, 2.24) is 0 Å². The maximum atomic E-state index is 6.04. The van der Waals surface area contributed by atoms with Crippen LogP contribution in [-0.4, -0.2) is 25.6 Å². The van der Waals surface area contributed by atoms with Crippen molar-refractivity contribution in [2.75, 3.05) is 21.1 Å². The molecule has 14 heavy (non-hydrogen) atoms. The molecule has 0 aliphatic heterocycles. The molecule has 0 saturated heterocycles. The molecule has 1 aromatic carbocycles. The Labute approximate surface area is 102 Å². The minimum atomic E-state index is 0. The van der Waals surface area contributed by atoms with Gasteiger partial charge < -0.3 is 21.5 Å². The number of aryl methyl sites for hydroxylation is 1. The highest BCUT2D eigenvalue weighted by Gasteiger charge is 2.08. The molecule has 0 fully saturated rings. The molecule has 0 radical (unpaired) electrons. The minimum Gasteiger partial charge on any atom is -1.00 e. The van der Waals surface area contributed by atoms with E-state index in [1.54, 1.807) is 0 Å². The SMILES string of the molecule is Cc1ccc(C[N+](C)(C)C)cc1Cl.[Br-]. The number of nitrogens with zero attached hydrogens (tertiary/aromatic N) is 1. The summed E-state index contributed by atoms with van der Waals surface area (Å²) >= 11 is 6.04. The smallest absolute Gasteiger partial charge is 0.104 e. The van der Waals surface area contributed by atoms with Gasteiger partial charge in [0.2, 0.25) is 0 Å². The standard InChI is InChI=1S/C11H17ClN.BrH/c1-9-5-6-10(7-11(9)12)8-13(2,3)4;/h5-7H,8H2,1-4H3;1H/q+1;/p-1. The van der Waals surface area contributed by atoms with Crippen molar-refractivity contribution in [3.05, 3.63) is 34.3 Å². The fourth-order valence-electron chi connectivity index (χ4n) is 1.28. The van der Waals surface area contributed by atoms with Crippen molar-refractivity contribution in [3.63, 3.8) is 0 Å². The third kappa shape index (κ3) is 4.45. The fourth-order valence-corrected chi connectivity index (χ4v) is 1.49. The summed E-state index contributed by atoms with van der Waals surface area (Å²) in [4.78, 5) is 0. The van der Waals surface area contributed by atoms with E-state index >= 15 is 0 Å². The zero-order valence-corrected chi connectivity index (χ0v) is 11.5. The summed E-state index contributed by atoms with van der Waals surface area (Å²) in [6.07, 6.45) is 0. The van der Waals surface area contributed by atoms with E-state index in [2.05, 4.69) is 39.3 Å². The maximum Gasteiger partial charge on any atom is 0.104 e. The molecule has 1 nitrogen and oxygen atoms in total. The van der Waals surface area contributed by atoms with Crippen molar-refractivity contribution in [2.45, 2.75) is 13.5 Å². The van der Waals surface area contributed by atoms with Gasteiger partial charge >= 0.3 is 0 Å². The Kier molecular flexibility index (Phi) is 5.13. The van der Waals surface area contributed by atoms with E-state index in [0.717, 1.165) is 21.6 Å². The van der Waals surface area contributed by atoms with Crippen LogP contribution in [0.25, 0.3) is 0 Å². The van der Waals surface area contributed by atoms with Gasteiger partial charge in [-0.05, 0) is 18.6 Å². The van der Waals surface area contributed by atoms with Gasteiger partial charge in [-0.2, -0.15) is 0 Å². The van der Waals surface area contributed by atoms with Crippen LogP contribution >= 0.6 is 11.6 Å². The van der Waals surface area contributed by atoms with E-state index in [1.807, 2.05) is 6.92 Å². The minimum absolute atomic E-state index is 0. The Hall–Kier alpha value is -0.0500. The average molecular weight is 279 g/mol. The first kappa shape index (κ1) is 13.9. The predicted octanol–water partition coefficient (Wildman–Crippen LogP) is -0.141. The number of hydrogen-bond donors (Lipinski definition) is 0. The lowest BCUT2D eigenvalue weighted by Gasteiger charge is -2.24. The van der Waals surface area contributed by atoms with Crippen LogP contribution in [0.4, 0.5) is 0 Å². The molecule has 0 amide bonds. The lowest BCUT2D eigenvalue weighted by molar-refractivity contribution is -0.884.